The van der Waals surface area contributed by atoms with Crippen LogP contribution in [0.15, 0.2) is 52.9 Å². The maximum absolute atomic E-state index is 12.8. The minimum absolute atomic E-state index is 0.0155. The monoisotopic (exact) mass is 552 g/mol. The summed E-state index contributed by atoms with van der Waals surface area (Å²) in [5.41, 5.74) is 1.92. The molecule has 0 spiro atoms. The van der Waals surface area contributed by atoms with E-state index in [1.807, 2.05) is 30.3 Å². The molecule has 1 amide bonds. The number of fused-ring (bicyclic) bond motifs is 1. The van der Waals surface area contributed by atoms with Crippen LogP contribution in [0, 0.1) is 5.92 Å². The van der Waals surface area contributed by atoms with Gasteiger partial charge in [-0.3, -0.25) is 0 Å². The Bertz CT molecular complexity index is 1190. The average Bonchev–Trinajstić information content (AvgIpc) is 2.86. The third-order valence-electron chi connectivity index (χ3n) is 6.42. The molecule has 2 heterocycles. The molecule has 0 saturated carbocycles. The van der Waals surface area contributed by atoms with Crippen LogP contribution in [-0.2, 0) is 22.3 Å². The van der Waals surface area contributed by atoms with E-state index in [4.69, 9.17) is 9.47 Å². The zero-order valence-electron chi connectivity index (χ0n) is 21.5. The number of halogens is 3. The molecule has 0 radical (unpaired) electrons. The van der Waals surface area contributed by atoms with E-state index >= 15 is 0 Å². The molecule has 2 aliphatic heterocycles. The maximum Gasteiger partial charge on any atom is 0.573 e. The first-order valence-electron chi connectivity index (χ1n) is 12.4. The summed E-state index contributed by atoms with van der Waals surface area (Å²) in [5.74, 6) is -0.177. The van der Waals surface area contributed by atoms with Gasteiger partial charge in [0.15, 0.2) is 0 Å². The van der Waals surface area contributed by atoms with Crippen molar-refractivity contribution in [1.29, 1.82) is 0 Å². The van der Waals surface area contributed by atoms with Crippen molar-refractivity contribution < 1.29 is 36.4 Å². The van der Waals surface area contributed by atoms with Gasteiger partial charge in [-0.2, -0.15) is 4.40 Å². The number of amides is 1. The fourth-order valence-electron chi connectivity index (χ4n) is 4.39. The lowest BCUT2D eigenvalue weighted by molar-refractivity contribution is -0.274. The highest BCUT2D eigenvalue weighted by atomic mass is 32.2. The smallest absolute Gasteiger partial charge is 0.489 e. The zero-order chi connectivity index (χ0) is 27.5. The Balaban J connectivity index is 1.46. The molecule has 7 nitrogen and oxygen atoms in total. The first-order valence-corrected chi connectivity index (χ1v) is 13.5. The van der Waals surface area contributed by atoms with Crippen molar-refractivity contribution in [3.63, 3.8) is 0 Å². The van der Waals surface area contributed by atoms with Crippen LogP contribution in [0.3, 0.4) is 0 Å². The van der Waals surface area contributed by atoms with Crippen LogP contribution in [0.5, 0.6) is 11.5 Å². The lowest BCUT2D eigenvalue weighted by atomic mass is 9.85. The van der Waals surface area contributed by atoms with Crippen LogP contribution in [-0.4, -0.2) is 51.2 Å². The van der Waals surface area contributed by atoms with Gasteiger partial charge in [0.1, 0.15) is 35.2 Å². The predicted molar refractivity (Wildman–Crippen MR) is 138 cm³/mol. The molecule has 2 aromatic rings. The first-order chi connectivity index (χ1) is 17.9. The zero-order valence-corrected chi connectivity index (χ0v) is 22.3. The van der Waals surface area contributed by atoms with Crippen LogP contribution in [0.2, 0.25) is 0 Å². The van der Waals surface area contributed by atoms with E-state index in [0.29, 0.717) is 43.6 Å². The van der Waals surface area contributed by atoms with E-state index < -0.39 is 33.9 Å². The Kier molecular flexibility index (Phi) is 8.34. The van der Waals surface area contributed by atoms with Crippen LogP contribution < -0.4 is 9.47 Å². The number of hydrogen-bond donors (Lipinski definition) is 0. The molecule has 1 unspecified atom stereocenters. The van der Waals surface area contributed by atoms with Gasteiger partial charge in [0, 0.05) is 31.1 Å². The molecule has 2 aliphatic rings. The molecule has 0 N–H and O–H groups in total. The van der Waals surface area contributed by atoms with Gasteiger partial charge in [-0.15, -0.1) is 13.2 Å². The summed E-state index contributed by atoms with van der Waals surface area (Å²) in [5, 5.41) is 0. The standard InChI is InChI=1S/C27H31F3N2O5S/c1-26(2,3)38(34)31-22-16-23(36-24-15-20(9-10-21(22)24)37-27(28,29)30)19-11-13-32(14-12-19)25(33)35-17-18-7-5-4-6-8-18/h4-10,15,19,23H,11-14,16-17H2,1-3H3/t23?,38-/m0/s1. The van der Waals surface area contributed by atoms with Crippen molar-refractivity contribution in [2.24, 2.45) is 10.3 Å². The lowest BCUT2D eigenvalue weighted by Crippen LogP contribution is -2.44. The number of ether oxygens (including phenoxy) is 3. The molecular formula is C27H31F3N2O5S. The predicted octanol–water partition coefficient (Wildman–Crippen LogP) is 6.04. The van der Waals surface area contributed by atoms with E-state index in [0.717, 1.165) is 5.56 Å². The van der Waals surface area contributed by atoms with Crippen LogP contribution in [0.1, 0.15) is 51.2 Å². The minimum atomic E-state index is -4.84. The molecule has 206 valence electrons. The SMILES string of the molecule is CC(C)(C)[S@](=O)N=C1CC(C2CCN(C(=O)OCc3ccccc3)CC2)Oc2cc(OC(F)(F)F)ccc21. The first kappa shape index (κ1) is 27.9. The number of likely N-dealkylation sites (tertiary alicyclic amines) is 1. The summed E-state index contributed by atoms with van der Waals surface area (Å²) in [4.78, 5) is 14.2. The Morgan fingerprint density at radius 2 is 1.79 bits per heavy atom. The summed E-state index contributed by atoms with van der Waals surface area (Å²) in [6.45, 7) is 6.52. The van der Waals surface area contributed by atoms with E-state index in [1.165, 1.54) is 18.2 Å². The van der Waals surface area contributed by atoms with Gasteiger partial charge < -0.3 is 19.1 Å². The second kappa shape index (κ2) is 11.3. The molecule has 38 heavy (non-hydrogen) atoms. The summed E-state index contributed by atoms with van der Waals surface area (Å²) < 4.78 is 70.8. The molecule has 1 saturated heterocycles. The van der Waals surface area contributed by atoms with Crippen LogP contribution in [0.25, 0.3) is 0 Å². The number of piperidine rings is 1. The lowest BCUT2D eigenvalue weighted by Gasteiger charge is -2.38. The van der Waals surface area contributed by atoms with E-state index in [-0.39, 0.29) is 24.4 Å². The topological polar surface area (TPSA) is 77.4 Å². The molecule has 4 rings (SSSR count). The molecule has 0 aromatic heterocycles. The third-order valence-corrected chi connectivity index (χ3v) is 7.85. The Hall–Kier alpha value is -3.08. The summed E-state index contributed by atoms with van der Waals surface area (Å²) in [7, 11) is -1.56. The number of carbonyl (C=O) groups excluding carboxylic acids is 1. The molecule has 0 bridgehead atoms. The summed E-state index contributed by atoms with van der Waals surface area (Å²) in [6, 6.07) is 13.3. The number of rotatable bonds is 5. The fraction of sp³-hybridized carbons (Fsp3) is 0.481. The highest BCUT2D eigenvalue weighted by molar-refractivity contribution is 7.85. The van der Waals surface area contributed by atoms with Crippen LogP contribution >= 0.6 is 0 Å². The molecule has 0 aliphatic carbocycles. The number of carbonyl (C=O) groups is 1. The van der Waals surface area contributed by atoms with Crippen molar-refractivity contribution in [3.8, 4) is 11.5 Å². The maximum atomic E-state index is 12.8. The Morgan fingerprint density at radius 1 is 1.11 bits per heavy atom. The van der Waals surface area contributed by atoms with Gasteiger partial charge in [0.2, 0.25) is 0 Å². The molecule has 11 heteroatoms. The van der Waals surface area contributed by atoms with Crippen molar-refractivity contribution in [2.75, 3.05) is 13.1 Å². The number of nitrogens with zero attached hydrogens (tertiary/aromatic N) is 2. The van der Waals surface area contributed by atoms with Crippen LogP contribution in [0.4, 0.5) is 18.0 Å². The summed E-state index contributed by atoms with van der Waals surface area (Å²) >= 11 is 0. The molecule has 2 atom stereocenters. The van der Waals surface area contributed by atoms with Crippen molar-refractivity contribution >= 4 is 22.8 Å². The average molecular weight is 553 g/mol. The normalized spacial score (nSPS) is 20.4. The van der Waals surface area contributed by atoms with Gasteiger partial charge in [-0.1, -0.05) is 30.3 Å². The minimum Gasteiger partial charge on any atom is -0.489 e. The number of hydrogen-bond acceptors (Lipinski definition) is 5. The highest BCUT2D eigenvalue weighted by Gasteiger charge is 2.37. The van der Waals surface area contributed by atoms with E-state index in [9.17, 15) is 22.2 Å². The van der Waals surface area contributed by atoms with E-state index in [2.05, 4.69) is 9.13 Å². The van der Waals surface area contributed by atoms with Gasteiger partial charge in [0.25, 0.3) is 0 Å². The molecular weight excluding hydrogens is 521 g/mol. The Morgan fingerprint density at radius 3 is 2.42 bits per heavy atom. The second-order valence-corrected chi connectivity index (χ2v) is 12.2. The molecule has 1 fully saturated rings. The van der Waals surface area contributed by atoms with Crippen molar-refractivity contribution in [2.45, 2.75) is 63.9 Å². The fourth-order valence-corrected chi connectivity index (χ4v) is 5.04. The quantitative estimate of drug-likeness (QED) is 0.452. The van der Waals surface area contributed by atoms with Crippen molar-refractivity contribution in [1.82, 2.24) is 4.90 Å². The highest BCUT2D eigenvalue weighted by Crippen LogP contribution is 2.38. The van der Waals surface area contributed by atoms with Gasteiger partial charge in [-0.05, 0) is 57.2 Å². The number of benzene rings is 2. The Labute approximate surface area is 222 Å². The number of alkyl halides is 3. The van der Waals surface area contributed by atoms with Gasteiger partial charge in [-0.25, -0.2) is 9.00 Å². The van der Waals surface area contributed by atoms with Crippen molar-refractivity contribution in [3.05, 3.63) is 59.7 Å². The summed E-state index contributed by atoms with van der Waals surface area (Å²) in [6.07, 6.45) is -4.03. The van der Waals surface area contributed by atoms with E-state index in [1.54, 1.807) is 25.7 Å². The van der Waals surface area contributed by atoms with Gasteiger partial charge in [0.05, 0.1) is 10.5 Å². The largest absolute Gasteiger partial charge is 0.573 e. The third kappa shape index (κ3) is 7.27. The second-order valence-electron chi connectivity index (χ2n) is 10.3. The molecule has 2 aromatic carbocycles. The van der Waals surface area contributed by atoms with Gasteiger partial charge >= 0.3 is 12.5 Å².